The highest BCUT2D eigenvalue weighted by Crippen LogP contribution is 2.50. The molecule has 1 spiro atoms. The average molecular weight is 515 g/mol. The molecule has 2 amide bonds. The second-order valence-electron chi connectivity index (χ2n) is 11.3. The first-order valence-corrected chi connectivity index (χ1v) is 12.9. The van der Waals surface area contributed by atoms with E-state index in [1.165, 1.54) is 13.2 Å². The number of carbonyl (C=O) groups is 2. The normalized spacial score (nSPS) is 23.3. The standard InChI is InChI=1S/C26H35FN6O4/c1-25(2,36)15-32-8-5-17(14-32)29-23(34)16-4-9-33(26(12-16)6-7-26)24(35)21-11-20(30-31-21)18-10-22(37-3)28-13-19(18)27/h10-11,13,16-17,36H,4-9,12,14-15H2,1-3H3,(H,29,34)(H,30,31)/t16-,17+/m0/s1. The summed E-state index contributed by atoms with van der Waals surface area (Å²) in [5, 5.41) is 20.2. The zero-order valence-corrected chi connectivity index (χ0v) is 21.6. The second-order valence-corrected chi connectivity index (χ2v) is 11.3. The molecule has 3 N–H and O–H groups in total. The van der Waals surface area contributed by atoms with Crippen molar-refractivity contribution in [3.05, 3.63) is 29.8 Å². The highest BCUT2D eigenvalue weighted by molar-refractivity contribution is 5.94. The molecule has 200 valence electrons. The zero-order chi connectivity index (χ0) is 26.4. The van der Waals surface area contributed by atoms with Gasteiger partial charge >= 0.3 is 0 Å². The van der Waals surface area contributed by atoms with E-state index >= 15 is 0 Å². The summed E-state index contributed by atoms with van der Waals surface area (Å²) in [6, 6.07) is 3.08. The van der Waals surface area contributed by atoms with E-state index in [-0.39, 0.29) is 46.5 Å². The number of nitrogens with zero attached hydrogens (tertiary/aromatic N) is 4. The summed E-state index contributed by atoms with van der Waals surface area (Å²) in [4.78, 5) is 34.4. The number of aromatic nitrogens is 3. The number of amides is 2. The van der Waals surface area contributed by atoms with Crippen LogP contribution in [0.2, 0.25) is 0 Å². The number of piperidine rings is 1. The van der Waals surface area contributed by atoms with Crippen LogP contribution < -0.4 is 10.1 Å². The van der Waals surface area contributed by atoms with Crippen LogP contribution in [0.25, 0.3) is 11.3 Å². The Morgan fingerprint density at radius 3 is 2.78 bits per heavy atom. The number of likely N-dealkylation sites (tertiary alicyclic amines) is 2. The fourth-order valence-electron chi connectivity index (χ4n) is 5.75. The number of nitrogens with one attached hydrogen (secondary N) is 2. The summed E-state index contributed by atoms with van der Waals surface area (Å²) in [6.45, 7) is 6.25. The van der Waals surface area contributed by atoms with Gasteiger partial charge in [-0.1, -0.05) is 0 Å². The number of methoxy groups -OCH3 is 1. The van der Waals surface area contributed by atoms with Crippen molar-refractivity contribution in [1.82, 2.24) is 30.3 Å². The summed E-state index contributed by atoms with van der Waals surface area (Å²) in [5.74, 6) is -0.561. The van der Waals surface area contributed by atoms with Crippen molar-refractivity contribution in [3.8, 4) is 17.1 Å². The van der Waals surface area contributed by atoms with Crippen LogP contribution >= 0.6 is 0 Å². The molecule has 3 aliphatic rings. The number of ether oxygens (including phenoxy) is 1. The Morgan fingerprint density at radius 1 is 1.30 bits per heavy atom. The first-order valence-electron chi connectivity index (χ1n) is 12.9. The Kier molecular flexibility index (Phi) is 6.70. The molecule has 0 radical (unpaired) electrons. The lowest BCUT2D eigenvalue weighted by Gasteiger charge is -2.39. The molecule has 2 atom stereocenters. The van der Waals surface area contributed by atoms with Crippen LogP contribution in [-0.2, 0) is 4.79 Å². The van der Waals surface area contributed by atoms with Crippen LogP contribution in [0.3, 0.4) is 0 Å². The molecule has 11 heteroatoms. The number of pyridine rings is 1. The summed E-state index contributed by atoms with van der Waals surface area (Å²) < 4.78 is 19.4. The molecule has 10 nitrogen and oxygen atoms in total. The van der Waals surface area contributed by atoms with Gasteiger partial charge in [0.25, 0.3) is 5.91 Å². The van der Waals surface area contributed by atoms with Gasteiger partial charge in [0, 0.05) is 55.3 Å². The van der Waals surface area contributed by atoms with Crippen LogP contribution in [0.5, 0.6) is 5.88 Å². The first kappa shape index (κ1) is 25.6. The largest absolute Gasteiger partial charge is 0.481 e. The molecule has 0 aromatic carbocycles. The highest BCUT2D eigenvalue weighted by atomic mass is 19.1. The van der Waals surface area contributed by atoms with Crippen LogP contribution in [0.15, 0.2) is 18.3 Å². The Morgan fingerprint density at radius 2 is 2.08 bits per heavy atom. The number of β-amino-alcohol motifs (C(OH)–C–C–N with tert-alkyl or cyclic N) is 1. The number of H-pyrrole nitrogens is 1. The van der Waals surface area contributed by atoms with E-state index in [9.17, 15) is 19.1 Å². The van der Waals surface area contributed by atoms with Crippen molar-refractivity contribution in [1.29, 1.82) is 0 Å². The average Bonchev–Trinajstić information content (AvgIpc) is 3.23. The molecule has 0 bridgehead atoms. The van der Waals surface area contributed by atoms with E-state index in [1.807, 2.05) is 4.90 Å². The molecule has 4 heterocycles. The van der Waals surface area contributed by atoms with Crippen molar-refractivity contribution in [2.24, 2.45) is 5.92 Å². The van der Waals surface area contributed by atoms with Crippen LogP contribution in [0.1, 0.15) is 56.4 Å². The molecule has 2 aliphatic heterocycles. The molecule has 1 saturated carbocycles. The lowest BCUT2D eigenvalue weighted by Crippen LogP contribution is -2.52. The molecule has 37 heavy (non-hydrogen) atoms. The van der Waals surface area contributed by atoms with Crippen molar-refractivity contribution < 1.29 is 23.8 Å². The Labute approximate surface area is 215 Å². The topological polar surface area (TPSA) is 124 Å². The van der Waals surface area contributed by atoms with Gasteiger partial charge in [0.1, 0.15) is 5.69 Å². The number of hydrogen-bond acceptors (Lipinski definition) is 7. The Hall–Kier alpha value is -3.05. The maximum Gasteiger partial charge on any atom is 0.272 e. The number of rotatable bonds is 7. The smallest absolute Gasteiger partial charge is 0.272 e. The van der Waals surface area contributed by atoms with Crippen molar-refractivity contribution in [2.45, 2.75) is 63.1 Å². The molecule has 1 aliphatic carbocycles. The summed E-state index contributed by atoms with van der Waals surface area (Å²) in [7, 11) is 1.45. The highest BCUT2D eigenvalue weighted by Gasteiger charge is 2.54. The minimum atomic E-state index is -0.759. The fourth-order valence-corrected chi connectivity index (χ4v) is 5.75. The molecule has 5 rings (SSSR count). The van der Waals surface area contributed by atoms with E-state index in [4.69, 9.17) is 4.74 Å². The molecule has 3 fully saturated rings. The summed E-state index contributed by atoms with van der Waals surface area (Å²) in [5.41, 5.74) is -0.276. The SMILES string of the molecule is COc1cc(-c2cc(C(=O)N3CC[C@H](C(=O)N[C@@H]4CCN(CC(C)(C)O)C4)CC34CC4)[nH]n2)c(F)cn1. The molecule has 2 saturated heterocycles. The fraction of sp³-hybridized carbons (Fsp3) is 0.615. The molecule has 0 unspecified atom stereocenters. The van der Waals surface area contributed by atoms with Gasteiger partial charge in [0.2, 0.25) is 11.8 Å². The Balaban J connectivity index is 1.20. The van der Waals surface area contributed by atoms with Crippen LogP contribution in [0, 0.1) is 11.7 Å². The van der Waals surface area contributed by atoms with Crippen molar-refractivity contribution >= 4 is 11.8 Å². The van der Waals surface area contributed by atoms with Crippen molar-refractivity contribution in [2.75, 3.05) is 33.3 Å². The second kappa shape index (κ2) is 9.68. The molecular formula is C26H35FN6O4. The van der Waals surface area contributed by atoms with Gasteiger partial charge in [-0.15, -0.1) is 0 Å². The minimum Gasteiger partial charge on any atom is -0.481 e. The summed E-state index contributed by atoms with van der Waals surface area (Å²) >= 11 is 0. The number of carbonyl (C=O) groups excluding carboxylic acids is 2. The maximum atomic E-state index is 14.3. The third-order valence-electron chi connectivity index (χ3n) is 7.70. The van der Waals surface area contributed by atoms with E-state index < -0.39 is 11.4 Å². The van der Waals surface area contributed by atoms with E-state index in [2.05, 4.69) is 25.4 Å². The third kappa shape index (κ3) is 5.47. The lowest BCUT2D eigenvalue weighted by molar-refractivity contribution is -0.127. The van der Waals surface area contributed by atoms with Crippen LogP contribution in [-0.4, -0.2) is 92.4 Å². The van der Waals surface area contributed by atoms with Gasteiger partial charge in [-0.25, -0.2) is 9.37 Å². The maximum absolute atomic E-state index is 14.3. The predicted octanol–water partition coefficient (Wildman–Crippen LogP) is 1.97. The number of hydrogen-bond donors (Lipinski definition) is 3. The van der Waals surface area contributed by atoms with E-state index in [0.717, 1.165) is 38.5 Å². The monoisotopic (exact) mass is 514 g/mol. The van der Waals surface area contributed by atoms with E-state index in [1.54, 1.807) is 19.9 Å². The van der Waals surface area contributed by atoms with Gasteiger partial charge in [-0.05, 0) is 52.0 Å². The number of aliphatic hydroxyl groups is 1. The summed E-state index contributed by atoms with van der Waals surface area (Å²) in [6.07, 6.45) is 4.90. The lowest BCUT2D eigenvalue weighted by atomic mass is 9.87. The number of aromatic amines is 1. The minimum absolute atomic E-state index is 0.0550. The van der Waals surface area contributed by atoms with Gasteiger partial charge < -0.3 is 20.1 Å². The predicted molar refractivity (Wildman–Crippen MR) is 133 cm³/mol. The molecular weight excluding hydrogens is 479 g/mol. The quantitative estimate of drug-likeness (QED) is 0.516. The van der Waals surface area contributed by atoms with Crippen LogP contribution in [0.4, 0.5) is 4.39 Å². The molecule has 2 aromatic heterocycles. The van der Waals surface area contributed by atoms with Crippen molar-refractivity contribution in [3.63, 3.8) is 0 Å². The van der Waals surface area contributed by atoms with Gasteiger partial charge in [-0.2, -0.15) is 5.10 Å². The Bertz CT molecular complexity index is 1170. The van der Waals surface area contributed by atoms with Gasteiger partial charge in [-0.3, -0.25) is 19.6 Å². The molecule has 2 aromatic rings. The number of halogens is 1. The third-order valence-corrected chi connectivity index (χ3v) is 7.70. The van der Waals surface area contributed by atoms with Gasteiger partial charge in [0.15, 0.2) is 5.82 Å². The zero-order valence-electron chi connectivity index (χ0n) is 21.6. The van der Waals surface area contributed by atoms with Gasteiger partial charge in [0.05, 0.1) is 24.6 Å². The first-order chi connectivity index (χ1) is 17.6. The van der Waals surface area contributed by atoms with E-state index in [0.29, 0.717) is 31.6 Å².